The summed E-state index contributed by atoms with van der Waals surface area (Å²) in [5, 5.41) is 12.3. The summed E-state index contributed by atoms with van der Waals surface area (Å²) in [5.74, 6) is -1.10. The van der Waals surface area contributed by atoms with Gasteiger partial charge in [-0.15, -0.1) is 0 Å². The van der Waals surface area contributed by atoms with Crippen LogP contribution in [0.15, 0.2) is 30.3 Å². The van der Waals surface area contributed by atoms with Gasteiger partial charge in [0.1, 0.15) is 0 Å². The number of nitrogens with two attached hydrogens (primary N) is 1. The summed E-state index contributed by atoms with van der Waals surface area (Å²) < 4.78 is 0. The molecule has 4 N–H and O–H groups in total. The highest BCUT2D eigenvalue weighted by Crippen LogP contribution is 2.36. The molecule has 0 bridgehead atoms. The van der Waals surface area contributed by atoms with Gasteiger partial charge in [0.05, 0.1) is 19.8 Å². The Morgan fingerprint density at radius 1 is 1.28 bits per heavy atom. The SMILES string of the molecule is [B]CC[C@@H]1CC[C@@H](CNC(=O)[C@@H](N)Cc2ccccc2)[C@@H](C(=O)O)C1. The second-order valence-corrected chi connectivity index (χ2v) is 7.00. The highest BCUT2D eigenvalue weighted by atomic mass is 16.4. The Morgan fingerprint density at radius 3 is 2.64 bits per heavy atom. The van der Waals surface area contributed by atoms with Crippen molar-refractivity contribution in [3.63, 3.8) is 0 Å². The van der Waals surface area contributed by atoms with Gasteiger partial charge < -0.3 is 16.2 Å². The summed E-state index contributed by atoms with van der Waals surface area (Å²) in [4.78, 5) is 23.8. The Labute approximate surface area is 150 Å². The maximum Gasteiger partial charge on any atom is 0.306 e. The van der Waals surface area contributed by atoms with Crippen LogP contribution in [0.5, 0.6) is 0 Å². The molecule has 0 heterocycles. The molecule has 1 aromatic rings. The number of carboxylic acid groups (broad SMARTS) is 1. The third-order valence-electron chi connectivity index (χ3n) is 5.17. The van der Waals surface area contributed by atoms with Crippen molar-refractivity contribution in [3.05, 3.63) is 35.9 Å². The number of nitrogens with one attached hydrogen (secondary N) is 1. The van der Waals surface area contributed by atoms with E-state index < -0.39 is 17.9 Å². The smallest absolute Gasteiger partial charge is 0.306 e. The molecule has 2 radical (unpaired) electrons. The minimum Gasteiger partial charge on any atom is -0.481 e. The molecule has 0 saturated heterocycles. The number of rotatable bonds is 8. The maximum atomic E-state index is 12.2. The number of carboxylic acids is 1. The molecule has 25 heavy (non-hydrogen) atoms. The van der Waals surface area contributed by atoms with E-state index in [1.807, 2.05) is 30.3 Å². The van der Waals surface area contributed by atoms with E-state index in [4.69, 9.17) is 13.6 Å². The number of amides is 1. The lowest BCUT2D eigenvalue weighted by Crippen LogP contribution is -2.46. The van der Waals surface area contributed by atoms with Crippen molar-refractivity contribution in [2.24, 2.45) is 23.5 Å². The van der Waals surface area contributed by atoms with Crippen molar-refractivity contribution in [2.45, 2.75) is 44.5 Å². The van der Waals surface area contributed by atoms with Crippen LogP contribution in [-0.2, 0) is 16.0 Å². The fourth-order valence-electron chi connectivity index (χ4n) is 3.69. The van der Waals surface area contributed by atoms with E-state index >= 15 is 0 Å². The van der Waals surface area contributed by atoms with Crippen LogP contribution in [-0.4, -0.2) is 37.4 Å². The highest BCUT2D eigenvalue weighted by molar-refractivity contribution is 6.08. The molecule has 1 aromatic carbocycles. The molecule has 0 aliphatic heterocycles. The molecule has 1 aliphatic carbocycles. The second kappa shape index (κ2) is 9.61. The van der Waals surface area contributed by atoms with E-state index in [9.17, 15) is 14.7 Å². The van der Waals surface area contributed by atoms with Crippen LogP contribution in [0.25, 0.3) is 0 Å². The third kappa shape index (κ3) is 5.89. The third-order valence-corrected chi connectivity index (χ3v) is 5.17. The second-order valence-electron chi connectivity index (χ2n) is 7.00. The van der Waals surface area contributed by atoms with Crippen LogP contribution in [0, 0.1) is 17.8 Å². The first kappa shape index (κ1) is 19.5. The van der Waals surface area contributed by atoms with E-state index in [2.05, 4.69) is 5.32 Å². The molecule has 4 atom stereocenters. The molecule has 6 heteroatoms. The van der Waals surface area contributed by atoms with Crippen LogP contribution < -0.4 is 11.1 Å². The van der Waals surface area contributed by atoms with Gasteiger partial charge in [-0.05, 0) is 36.7 Å². The Morgan fingerprint density at radius 2 is 2.00 bits per heavy atom. The van der Waals surface area contributed by atoms with Crippen molar-refractivity contribution < 1.29 is 14.7 Å². The molecular formula is C19H27BN2O3. The summed E-state index contributed by atoms with van der Waals surface area (Å²) >= 11 is 0. The number of hydrogen-bond donors (Lipinski definition) is 3. The fourth-order valence-corrected chi connectivity index (χ4v) is 3.69. The lowest BCUT2D eigenvalue weighted by Gasteiger charge is -2.34. The van der Waals surface area contributed by atoms with Gasteiger partial charge in [0, 0.05) is 6.54 Å². The molecule has 1 aliphatic rings. The van der Waals surface area contributed by atoms with Crippen LogP contribution in [0.3, 0.4) is 0 Å². The van der Waals surface area contributed by atoms with Gasteiger partial charge in [-0.1, -0.05) is 49.5 Å². The summed E-state index contributed by atoms with van der Waals surface area (Å²) in [5.41, 5.74) is 6.99. The van der Waals surface area contributed by atoms with Gasteiger partial charge in [0.15, 0.2) is 0 Å². The first-order valence-corrected chi connectivity index (χ1v) is 9.01. The van der Waals surface area contributed by atoms with Gasteiger partial charge in [0.25, 0.3) is 0 Å². The average Bonchev–Trinajstić information content (AvgIpc) is 2.61. The Bertz CT molecular complexity index is 567. The molecule has 0 aromatic heterocycles. The summed E-state index contributed by atoms with van der Waals surface area (Å²) in [6.07, 6.45) is 4.34. The molecular weight excluding hydrogens is 315 g/mol. The van der Waals surface area contributed by atoms with Gasteiger partial charge in [-0.2, -0.15) is 0 Å². The number of carbonyl (C=O) groups excluding carboxylic acids is 1. The monoisotopic (exact) mass is 342 g/mol. The predicted octanol–water partition coefficient (Wildman–Crippen LogP) is 1.77. The van der Waals surface area contributed by atoms with E-state index in [1.54, 1.807) is 0 Å². The minimum absolute atomic E-state index is 0.0422. The summed E-state index contributed by atoms with van der Waals surface area (Å²) in [6, 6.07) is 8.99. The number of benzene rings is 1. The maximum absolute atomic E-state index is 12.2. The van der Waals surface area contributed by atoms with Crippen molar-refractivity contribution >= 4 is 19.7 Å². The predicted molar refractivity (Wildman–Crippen MR) is 98.3 cm³/mol. The van der Waals surface area contributed by atoms with E-state index in [1.165, 1.54) is 0 Å². The van der Waals surface area contributed by atoms with Gasteiger partial charge in [-0.25, -0.2) is 0 Å². The van der Waals surface area contributed by atoms with E-state index in [-0.39, 0.29) is 11.8 Å². The van der Waals surface area contributed by atoms with Crippen LogP contribution in [0.4, 0.5) is 0 Å². The molecule has 0 unspecified atom stereocenters. The zero-order valence-corrected chi connectivity index (χ0v) is 14.6. The fraction of sp³-hybridized carbons (Fsp3) is 0.579. The molecule has 1 saturated carbocycles. The lowest BCUT2D eigenvalue weighted by molar-refractivity contribution is -0.146. The normalized spacial score (nSPS) is 24.4. The van der Waals surface area contributed by atoms with Crippen LogP contribution in [0.1, 0.15) is 31.2 Å². The molecule has 5 nitrogen and oxygen atoms in total. The van der Waals surface area contributed by atoms with E-state index in [0.717, 1.165) is 24.8 Å². The molecule has 2 rings (SSSR count). The Hall–Kier alpha value is -1.82. The average molecular weight is 342 g/mol. The first-order chi connectivity index (χ1) is 12.0. The van der Waals surface area contributed by atoms with Gasteiger partial charge >= 0.3 is 5.97 Å². The highest BCUT2D eigenvalue weighted by Gasteiger charge is 2.35. The standard InChI is InChI=1S/C19H27BN2O3/c20-9-8-14-6-7-15(16(10-14)19(24)25)12-22-18(23)17(21)11-13-4-2-1-3-5-13/h1-5,14-17H,6-12,21H2,(H,22,23)(H,24,25)/t14-,15-,16-,17-/m0/s1. The van der Waals surface area contributed by atoms with E-state index in [0.29, 0.717) is 31.6 Å². The van der Waals surface area contributed by atoms with Crippen molar-refractivity contribution in [1.82, 2.24) is 5.32 Å². The minimum atomic E-state index is -0.783. The van der Waals surface area contributed by atoms with Crippen LogP contribution in [0.2, 0.25) is 6.32 Å². The Balaban J connectivity index is 1.84. The lowest BCUT2D eigenvalue weighted by atomic mass is 9.71. The van der Waals surface area contributed by atoms with Crippen LogP contribution >= 0.6 is 0 Å². The van der Waals surface area contributed by atoms with Gasteiger partial charge in [-0.3, -0.25) is 9.59 Å². The molecule has 134 valence electrons. The largest absolute Gasteiger partial charge is 0.481 e. The molecule has 0 spiro atoms. The van der Waals surface area contributed by atoms with Crippen molar-refractivity contribution in [3.8, 4) is 0 Å². The first-order valence-electron chi connectivity index (χ1n) is 9.01. The number of hydrogen-bond acceptors (Lipinski definition) is 3. The summed E-state index contributed by atoms with van der Waals surface area (Å²) in [7, 11) is 5.59. The molecule has 1 fully saturated rings. The van der Waals surface area contributed by atoms with Gasteiger partial charge in [0.2, 0.25) is 5.91 Å². The zero-order chi connectivity index (χ0) is 18.2. The van der Waals surface area contributed by atoms with Crippen molar-refractivity contribution in [2.75, 3.05) is 6.54 Å². The summed E-state index contributed by atoms with van der Waals surface area (Å²) in [6.45, 7) is 0.369. The Kier molecular flexibility index (Phi) is 7.50. The molecule has 1 amide bonds. The number of carbonyl (C=O) groups is 2. The van der Waals surface area contributed by atoms with Crippen molar-refractivity contribution in [1.29, 1.82) is 0 Å². The quantitative estimate of drug-likeness (QED) is 0.628. The topological polar surface area (TPSA) is 92.4 Å². The zero-order valence-electron chi connectivity index (χ0n) is 14.6. The number of aliphatic carboxylic acids is 1.